The summed E-state index contributed by atoms with van der Waals surface area (Å²) in [5.41, 5.74) is 1.88. The molecule has 0 bridgehead atoms. The predicted octanol–water partition coefficient (Wildman–Crippen LogP) is 4.00. The van der Waals surface area contributed by atoms with Gasteiger partial charge in [0.05, 0.1) is 25.4 Å². The highest BCUT2D eigenvalue weighted by atomic mass is 19.1. The van der Waals surface area contributed by atoms with Gasteiger partial charge in [-0.2, -0.15) is 0 Å². The minimum atomic E-state index is -1.15. The maximum atomic E-state index is 13.9. The lowest BCUT2D eigenvalue weighted by atomic mass is 9.98. The summed E-state index contributed by atoms with van der Waals surface area (Å²) in [6, 6.07) is 13.9. The van der Waals surface area contributed by atoms with Crippen molar-refractivity contribution in [3.8, 4) is 5.75 Å². The molecule has 1 unspecified atom stereocenters. The van der Waals surface area contributed by atoms with Crippen LogP contribution in [0.3, 0.4) is 0 Å². The first-order valence-corrected chi connectivity index (χ1v) is 13.9. The molecule has 0 saturated heterocycles. The molecule has 0 aliphatic heterocycles. The molecule has 8 nitrogen and oxygen atoms in total. The first kappa shape index (κ1) is 32.7. The van der Waals surface area contributed by atoms with E-state index in [0.717, 1.165) is 30.2 Å². The lowest BCUT2D eigenvalue weighted by Gasteiger charge is -2.25. The zero-order valence-electron chi connectivity index (χ0n) is 24.4. The van der Waals surface area contributed by atoms with Crippen molar-refractivity contribution in [1.29, 1.82) is 0 Å². The molecule has 0 aliphatic carbocycles. The average Bonchev–Trinajstić information content (AvgIpc) is 2.95. The van der Waals surface area contributed by atoms with Gasteiger partial charge in [-0.1, -0.05) is 19.1 Å². The number of nitrogens with one attached hydrogen (secondary N) is 2. The second-order valence-corrected chi connectivity index (χ2v) is 10.4. The molecule has 42 heavy (non-hydrogen) atoms. The quantitative estimate of drug-likeness (QED) is 0.228. The number of methoxy groups -OCH3 is 1. The SMILES string of the molecule is CCCN(C)C(=O)c1cc(C(=O)N[C@@H](Cc2cc(F)cc(F)c2)[C@H](O)CNCc2cccc(OC)c2)cc(C(C)O)c1. The summed E-state index contributed by atoms with van der Waals surface area (Å²) in [5.74, 6) is -1.78. The largest absolute Gasteiger partial charge is 0.497 e. The number of aliphatic hydroxyl groups is 2. The molecular formula is C32H39F2N3O5. The zero-order chi connectivity index (χ0) is 30.8. The first-order valence-electron chi connectivity index (χ1n) is 13.9. The third-order valence-corrected chi connectivity index (χ3v) is 6.83. The summed E-state index contributed by atoms with van der Waals surface area (Å²) < 4.78 is 33.1. The molecule has 3 rings (SSSR count). The molecule has 3 aromatic carbocycles. The van der Waals surface area contributed by atoms with Crippen molar-refractivity contribution in [2.45, 2.75) is 51.5 Å². The van der Waals surface area contributed by atoms with Crippen LogP contribution in [-0.4, -0.2) is 66.3 Å². The Morgan fingerprint density at radius 3 is 2.31 bits per heavy atom. The maximum Gasteiger partial charge on any atom is 0.253 e. The van der Waals surface area contributed by atoms with Crippen LogP contribution in [-0.2, 0) is 13.0 Å². The second-order valence-electron chi connectivity index (χ2n) is 10.4. The van der Waals surface area contributed by atoms with Crippen molar-refractivity contribution < 1.29 is 33.3 Å². The summed E-state index contributed by atoms with van der Waals surface area (Å²) in [4.78, 5) is 28.0. The van der Waals surface area contributed by atoms with E-state index in [-0.39, 0.29) is 35.6 Å². The molecule has 10 heteroatoms. The summed E-state index contributed by atoms with van der Waals surface area (Å²) in [6.07, 6.45) is -1.41. The van der Waals surface area contributed by atoms with E-state index in [1.165, 1.54) is 24.0 Å². The van der Waals surface area contributed by atoms with Gasteiger partial charge in [-0.05, 0) is 78.9 Å². The smallest absolute Gasteiger partial charge is 0.253 e. The number of carbonyl (C=O) groups is 2. The molecule has 0 fully saturated rings. The van der Waals surface area contributed by atoms with Gasteiger partial charge in [-0.25, -0.2) is 8.78 Å². The van der Waals surface area contributed by atoms with E-state index in [2.05, 4.69) is 10.6 Å². The van der Waals surface area contributed by atoms with Crippen LogP contribution in [0.15, 0.2) is 60.7 Å². The minimum absolute atomic E-state index is 0.0548. The third kappa shape index (κ3) is 9.34. The van der Waals surface area contributed by atoms with Gasteiger partial charge in [0.15, 0.2) is 0 Å². The van der Waals surface area contributed by atoms with Crippen molar-refractivity contribution in [2.24, 2.45) is 0 Å². The molecule has 0 spiro atoms. The highest BCUT2D eigenvalue weighted by Crippen LogP contribution is 2.20. The number of ether oxygens (including phenoxy) is 1. The monoisotopic (exact) mass is 583 g/mol. The van der Waals surface area contributed by atoms with Crippen LogP contribution in [0.25, 0.3) is 0 Å². The first-order chi connectivity index (χ1) is 20.0. The molecule has 4 N–H and O–H groups in total. The number of carbonyl (C=O) groups excluding carboxylic acids is 2. The Kier molecular flexibility index (Phi) is 12.0. The Hall–Kier alpha value is -3.86. The van der Waals surface area contributed by atoms with Gasteiger partial charge in [0, 0.05) is 43.9 Å². The number of nitrogens with zero attached hydrogens (tertiary/aromatic N) is 1. The van der Waals surface area contributed by atoms with Crippen LogP contribution in [0.4, 0.5) is 8.78 Å². The average molecular weight is 584 g/mol. The number of hydrogen-bond acceptors (Lipinski definition) is 6. The van der Waals surface area contributed by atoms with Crippen LogP contribution in [0.5, 0.6) is 5.75 Å². The highest BCUT2D eigenvalue weighted by Gasteiger charge is 2.25. The fraction of sp³-hybridized carbons (Fsp3) is 0.375. The van der Waals surface area contributed by atoms with E-state index in [9.17, 15) is 28.6 Å². The lowest BCUT2D eigenvalue weighted by Crippen LogP contribution is -2.48. The van der Waals surface area contributed by atoms with Crippen molar-refractivity contribution in [3.63, 3.8) is 0 Å². The molecular weight excluding hydrogens is 544 g/mol. The Balaban J connectivity index is 1.84. The van der Waals surface area contributed by atoms with Gasteiger partial charge >= 0.3 is 0 Å². The number of rotatable bonds is 14. The molecule has 3 aromatic rings. The molecule has 0 saturated carbocycles. The highest BCUT2D eigenvalue weighted by molar-refractivity contribution is 6.00. The van der Waals surface area contributed by atoms with E-state index >= 15 is 0 Å². The van der Waals surface area contributed by atoms with E-state index in [1.807, 2.05) is 31.2 Å². The summed E-state index contributed by atoms with van der Waals surface area (Å²) in [6.45, 7) is 4.44. The number of hydrogen-bond donors (Lipinski definition) is 4. The maximum absolute atomic E-state index is 13.9. The van der Waals surface area contributed by atoms with Gasteiger partial charge < -0.3 is 30.5 Å². The van der Waals surface area contributed by atoms with Crippen LogP contribution in [0.2, 0.25) is 0 Å². The van der Waals surface area contributed by atoms with E-state index in [1.54, 1.807) is 20.2 Å². The topological polar surface area (TPSA) is 111 Å². The molecule has 226 valence electrons. The third-order valence-electron chi connectivity index (χ3n) is 6.83. The molecule has 0 aromatic heterocycles. The van der Waals surface area contributed by atoms with Crippen molar-refractivity contribution in [3.05, 3.63) is 100 Å². The van der Waals surface area contributed by atoms with Gasteiger partial charge in [-0.3, -0.25) is 9.59 Å². The Morgan fingerprint density at radius 1 is 0.976 bits per heavy atom. The van der Waals surface area contributed by atoms with E-state index in [4.69, 9.17) is 4.74 Å². The van der Waals surface area contributed by atoms with Gasteiger partial charge in [0.25, 0.3) is 11.8 Å². The predicted molar refractivity (Wildman–Crippen MR) is 156 cm³/mol. The number of amides is 2. The second kappa shape index (κ2) is 15.4. The van der Waals surface area contributed by atoms with Crippen molar-refractivity contribution in [1.82, 2.24) is 15.5 Å². The fourth-order valence-electron chi connectivity index (χ4n) is 4.61. The van der Waals surface area contributed by atoms with Crippen LogP contribution in [0, 0.1) is 11.6 Å². The van der Waals surface area contributed by atoms with Gasteiger partial charge in [0.1, 0.15) is 17.4 Å². The van der Waals surface area contributed by atoms with Crippen LogP contribution < -0.4 is 15.4 Å². The Bertz CT molecular complexity index is 1350. The summed E-state index contributed by atoms with van der Waals surface area (Å²) in [5, 5.41) is 27.3. The molecule has 3 atom stereocenters. The number of aliphatic hydroxyl groups excluding tert-OH is 2. The standard InChI is InChI=1S/C32H39F2N3O5/c1-5-9-37(3)32(41)25-15-23(20(2)38)14-24(16-25)31(40)36-29(13-22-10-26(33)17-27(34)11-22)30(39)19-35-18-21-7-6-8-28(12-21)42-4/h6-8,10-12,14-17,20,29-30,35,38-39H,5,9,13,18-19H2,1-4H3,(H,36,40)/t20?,29-,30+/m0/s1. The van der Waals surface area contributed by atoms with Gasteiger partial charge in [0.2, 0.25) is 0 Å². The van der Waals surface area contributed by atoms with Crippen molar-refractivity contribution in [2.75, 3.05) is 27.2 Å². The number of halogens is 2. The summed E-state index contributed by atoms with van der Waals surface area (Å²) >= 11 is 0. The molecule has 0 heterocycles. The van der Waals surface area contributed by atoms with Gasteiger partial charge in [-0.15, -0.1) is 0 Å². The minimum Gasteiger partial charge on any atom is -0.497 e. The van der Waals surface area contributed by atoms with Crippen LogP contribution in [0.1, 0.15) is 63.8 Å². The van der Waals surface area contributed by atoms with E-state index < -0.39 is 35.8 Å². The lowest BCUT2D eigenvalue weighted by molar-refractivity contribution is 0.0794. The summed E-state index contributed by atoms with van der Waals surface area (Å²) in [7, 11) is 3.22. The Labute approximate surface area is 245 Å². The number of benzene rings is 3. The normalized spacial score (nSPS) is 13.2. The van der Waals surface area contributed by atoms with Crippen LogP contribution >= 0.6 is 0 Å². The van der Waals surface area contributed by atoms with E-state index in [0.29, 0.717) is 24.4 Å². The molecule has 0 aliphatic rings. The van der Waals surface area contributed by atoms with Crippen molar-refractivity contribution >= 4 is 11.8 Å². The Morgan fingerprint density at radius 2 is 1.67 bits per heavy atom. The fourth-order valence-corrected chi connectivity index (χ4v) is 4.61. The zero-order valence-corrected chi connectivity index (χ0v) is 24.4. The molecule has 2 amide bonds. The molecule has 0 radical (unpaired) electrons.